The van der Waals surface area contributed by atoms with Gasteiger partial charge in [-0.25, -0.2) is 4.79 Å². The molecule has 0 amide bonds. The summed E-state index contributed by atoms with van der Waals surface area (Å²) in [6.07, 6.45) is 0. The molecule has 3 N–H and O–H groups in total. The minimum absolute atomic E-state index is 0.257. The monoisotopic (exact) mass is 151 g/mol. The van der Waals surface area contributed by atoms with E-state index in [9.17, 15) is 4.79 Å². The van der Waals surface area contributed by atoms with Crippen LogP contribution in [0.4, 0.5) is 5.69 Å². The fourth-order valence-electron chi connectivity index (χ4n) is 0.714. The van der Waals surface area contributed by atoms with Gasteiger partial charge in [-0.05, 0) is 18.2 Å². The van der Waals surface area contributed by atoms with Crippen molar-refractivity contribution < 1.29 is 9.63 Å². The lowest BCUT2D eigenvalue weighted by atomic mass is 10.2. The van der Waals surface area contributed by atoms with E-state index >= 15 is 0 Å². The van der Waals surface area contributed by atoms with E-state index in [1.54, 1.807) is 12.1 Å². The number of carbonyl (C=O) groups excluding carboxylic acids is 1. The fourth-order valence-corrected chi connectivity index (χ4v) is 0.714. The van der Waals surface area contributed by atoms with Crippen molar-refractivity contribution in [2.45, 2.75) is 0 Å². The molecule has 0 saturated carbocycles. The highest BCUT2D eigenvalue weighted by atomic mass is 16.7. The first-order valence-corrected chi connectivity index (χ1v) is 2.97. The van der Waals surface area contributed by atoms with E-state index in [4.69, 9.17) is 5.73 Å². The quantitative estimate of drug-likeness (QED) is 0.598. The zero-order valence-corrected chi connectivity index (χ0v) is 5.70. The Bertz CT molecular complexity index is 273. The Morgan fingerprint density at radius 1 is 1.55 bits per heavy atom. The summed E-state index contributed by atoms with van der Waals surface area (Å²) in [5.41, 5.74) is 7.70. The number of benzene rings is 1. The normalized spacial score (nSPS) is 9.18. The molecule has 0 aliphatic carbocycles. The molecule has 0 spiro atoms. The van der Waals surface area contributed by atoms with Crippen molar-refractivity contribution in [3.05, 3.63) is 29.8 Å². The summed E-state index contributed by atoms with van der Waals surface area (Å²) in [5.74, 6) is 4.02. The third kappa shape index (κ3) is 1.68. The zero-order chi connectivity index (χ0) is 8.27. The average molecular weight is 151 g/mol. The molecular formula is C7H7N2O2. The number of hydrogen-bond donors (Lipinski definition) is 1. The average Bonchev–Trinajstić information content (AvgIpc) is 2.03. The lowest BCUT2D eigenvalue weighted by Gasteiger charge is -1.97. The van der Waals surface area contributed by atoms with Crippen molar-refractivity contribution in [3.8, 4) is 0 Å². The Kier molecular flexibility index (Phi) is 2.08. The maximum atomic E-state index is 10.7. The molecule has 0 bridgehead atoms. The van der Waals surface area contributed by atoms with Gasteiger partial charge in [0.05, 0.1) is 11.3 Å². The molecule has 4 heteroatoms. The standard InChI is InChI=1S/C7H7N2O2/c8-6-3-1-2-5(4-6)7(10)11-9/h1-4,8H,9H2. The van der Waals surface area contributed by atoms with Gasteiger partial charge in [-0.1, -0.05) is 6.07 Å². The van der Waals surface area contributed by atoms with Crippen molar-refractivity contribution in [3.63, 3.8) is 0 Å². The van der Waals surface area contributed by atoms with Gasteiger partial charge >= 0.3 is 5.97 Å². The molecule has 1 aromatic carbocycles. The molecule has 0 aliphatic heterocycles. The van der Waals surface area contributed by atoms with Gasteiger partial charge in [0.25, 0.3) is 0 Å². The summed E-state index contributed by atoms with van der Waals surface area (Å²) >= 11 is 0. The predicted octanol–water partition coefficient (Wildman–Crippen LogP) is 0.631. The Morgan fingerprint density at radius 3 is 2.82 bits per heavy atom. The summed E-state index contributed by atoms with van der Waals surface area (Å²) in [7, 11) is 0. The van der Waals surface area contributed by atoms with Gasteiger partial charge in [-0.3, -0.25) is 0 Å². The van der Waals surface area contributed by atoms with Crippen LogP contribution in [0.5, 0.6) is 0 Å². The summed E-state index contributed by atoms with van der Waals surface area (Å²) < 4.78 is 0. The molecule has 0 fully saturated rings. The van der Waals surface area contributed by atoms with Gasteiger partial charge < -0.3 is 10.6 Å². The van der Waals surface area contributed by atoms with Gasteiger partial charge in [0.2, 0.25) is 0 Å². The van der Waals surface area contributed by atoms with Crippen LogP contribution >= 0.6 is 0 Å². The van der Waals surface area contributed by atoms with Gasteiger partial charge in [-0.15, -0.1) is 0 Å². The van der Waals surface area contributed by atoms with Crippen LogP contribution in [0.1, 0.15) is 10.4 Å². The lowest BCUT2D eigenvalue weighted by Crippen LogP contribution is -2.09. The highest BCUT2D eigenvalue weighted by Gasteiger charge is 2.04. The Hall–Kier alpha value is -1.55. The summed E-state index contributed by atoms with van der Waals surface area (Å²) in [6, 6.07) is 6.07. The van der Waals surface area contributed by atoms with Crippen LogP contribution in [-0.2, 0) is 4.84 Å². The van der Waals surface area contributed by atoms with Crippen LogP contribution in [0.3, 0.4) is 0 Å². The second-order valence-electron chi connectivity index (χ2n) is 1.99. The predicted molar refractivity (Wildman–Crippen MR) is 38.8 cm³/mol. The molecule has 0 aromatic heterocycles. The Balaban J connectivity index is 2.96. The minimum atomic E-state index is -0.626. The van der Waals surface area contributed by atoms with Crippen molar-refractivity contribution >= 4 is 11.7 Å². The first kappa shape index (κ1) is 7.56. The largest absolute Gasteiger partial charge is 0.370 e. The lowest BCUT2D eigenvalue weighted by molar-refractivity contribution is 0.0503. The molecule has 0 atom stereocenters. The second kappa shape index (κ2) is 3.03. The van der Waals surface area contributed by atoms with Crippen LogP contribution < -0.4 is 11.6 Å². The zero-order valence-electron chi connectivity index (χ0n) is 5.70. The highest BCUT2D eigenvalue weighted by molar-refractivity contribution is 5.89. The smallest absolute Gasteiger partial charge is 0.356 e. The van der Waals surface area contributed by atoms with Crippen LogP contribution in [0.2, 0.25) is 0 Å². The van der Waals surface area contributed by atoms with E-state index < -0.39 is 5.97 Å². The SMILES string of the molecule is [NH]c1cccc(C(=O)ON)c1. The Morgan fingerprint density at radius 2 is 2.27 bits per heavy atom. The molecule has 57 valence electrons. The first-order valence-electron chi connectivity index (χ1n) is 2.97. The second-order valence-corrected chi connectivity index (χ2v) is 1.99. The van der Waals surface area contributed by atoms with Crippen molar-refractivity contribution in [1.82, 2.24) is 5.73 Å². The van der Waals surface area contributed by atoms with Gasteiger partial charge in [0.15, 0.2) is 0 Å². The van der Waals surface area contributed by atoms with Gasteiger partial charge in [0.1, 0.15) is 0 Å². The Labute approximate surface area is 63.7 Å². The highest BCUT2D eigenvalue weighted by Crippen LogP contribution is 2.07. The number of nitrogens with two attached hydrogens (primary N) is 1. The fraction of sp³-hybridized carbons (Fsp3) is 0. The van der Waals surface area contributed by atoms with Crippen molar-refractivity contribution in [2.24, 2.45) is 5.90 Å². The van der Waals surface area contributed by atoms with Crippen LogP contribution in [0, 0.1) is 0 Å². The molecule has 0 aliphatic rings. The first-order chi connectivity index (χ1) is 5.24. The third-order valence-corrected chi connectivity index (χ3v) is 1.21. The van der Waals surface area contributed by atoms with Gasteiger partial charge in [0, 0.05) is 0 Å². The molecule has 1 aromatic rings. The van der Waals surface area contributed by atoms with E-state index in [1.165, 1.54) is 12.1 Å². The topological polar surface area (TPSA) is 76.1 Å². The van der Waals surface area contributed by atoms with Gasteiger partial charge in [-0.2, -0.15) is 5.90 Å². The van der Waals surface area contributed by atoms with Crippen molar-refractivity contribution in [1.29, 1.82) is 0 Å². The summed E-state index contributed by atoms with van der Waals surface area (Å²) in [5, 5.41) is 0. The number of nitrogens with one attached hydrogen (secondary N) is 1. The third-order valence-electron chi connectivity index (χ3n) is 1.21. The summed E-state index contributed by atoms with van der Waals surface area (Å²) in [6.45, 7) is 0. The maximum Gasteiger partial charge on any atom is 0.356 e. The van der Waals surface area contributed by atoms with E-state index in [2.05, 4.69) is 10.7 Å². The molecule has 4 nitrogen and oxygen atoms in total. The van der Waals surface area contributed by atoms with Crippen LogP contribution in [-0.4, -0.2) is 5.97 Å². The maximum absolute atomic E-state index is 10.7. The van der Waals surface area contributed by atoms with E-state index in [-0.39, 0.29) is 5.69 Å². The molecule has 0 heterocycles. The minimum Gasteiger partial charge on any atom is -0.370 e. The van der Waals surface area contributed by atoms with Crippen LogP contribution in [0.15, 0.2) is 24.3 Å². The molecule has 0 unspecified atom stereocenters. The number of carbonyl (C=O) groups is 1. The summed E-state index contributed by atoms with van der Waals surface area (Å²) in [4.78, 5) is 14.7. The number of rotatable bonds is 1. The van der Waals surface area contributed by atoms with E-state index in [1.807, 2.05) is 0 Å². The molecule has 1 rings (SSSR count). The van der Waals surface area contributed by atoms with Crippen LogP contribution in [0.25, 0.3) is 0 Å². The molecular weight excluding hydrogens is 144 g/mol. The molecule has 1 radical (unpaired) electrons. The van der Waals surface area contributed by atoms with Crippen molar-refractivity contribution in [2.75, 3.05) is 0 Å². The van der Waals surface area contributed by atoms with E-state index in [0.29, 0.717) is 5.56 Å². The molecule has 11 heavy (non-hydrogen) atoms. The van der Waals surface area contributed by atoms with E-state index in [0.717, 1.165) is 0 Å². The number of hydrogen-bond acceptors (Lipinski definition) is 3. The molecule has 0 saturated heterocycles.